The van der Waals surface area contributed by atoms with Crippen molar-refractivity contribution in [2.45, 2.75) is 38.1 Å². The Balaban J connectivity index is 1.36. The average Bonchev–Trinajstić information content (AvgIpc) is 2.85. The molecule has 4 amide bonds. The van der Waals surface area contributed by atoms with Crippen molar-refractivity contribution in [3.63, 3.8) is 0 Å². The minimum Gasteiger partial charge on any atom is -0.341 e. The summed E-state index contributed by atoms with van der Waals surface area (Å²) in [6.07, 6.45) is 3.81. The van der Waals surface area contributed by atoms with E-state index in [4.69, 9.17) is 0 Å². The van der Waals surface area contributed by atoms with Crippen molar-refractivity contribution in [1.82, 2.24) is 20.4 Å². The van der Waals surface area contributed by atoms with Crippen LogP contribution in [0.25, 0.3) is 0 Å². The number of aryl methyl sites for hydroxylation is 1. The van der Waals surface area contributed by atoms with Gasteiger partial charge in [0.1, 0.15) is 6.04 Å². The van der Waals surface area contributed by atoms with Crippen LogP contribution in [0.5, 0.6) is 0 Å². The number of amides is 4. The molecule has 2 heterocycles. The van der Waals surface area contributed by atoms with Gasteiger partial charge in [-0.25, -0.2) is 4.79 Å². The van der Waals surface area contributed by atoms with E-state index < -0.39 is 12.1 Å². The largest absolute Gasteiger partial charge is 0.341 e. The summed E-state index contributed by atoms with van der Waals surface area (Å²) >= 11 is 0. The number of imide groups is 1. The van der Waals surface area contributed by atoms with Crippen LogP contribution in [0.2, 0.25) is 0 Å². The van der Waals surface area contributed by atoms with Crippen LogP contribution in [-0.2, 0) is 16.0 Å². The fourth-order valence-electron chi connectivity index (χ4n) is 3.68. The molecule has 146 valence electrons. The SMILES string of the molecule is O=C1NC(=O)[C@H](CCC(=O)N2CCCN(CCCc3ccccc3)CC2)N1. The van der Waals surface area contributed by atoms with Gasteiger partial charge in [-0.15, -0.1) is 0 Å². The molecule has 0 spiro atoms. The number of carbonyl (C=O) groups excluding carboxylic acids is 3. The second-order valence-electron chi connectivity index (χ2n) is 7.22. The fourth-order valence-corrected chi connectivity index (χ4v) is 3.68. The number of rotatable bonds is 7. The summed E-state index contributed by atoms with van der Waals surface area (Å²) in [7, 11) is 0. The van der Waals surface area contributed by atoms with Gasteiger partial charge in [0.2, 0.25) is 5.91 Å². The van der Waals surface area contributed by atoms with Gasteiger partial charge in [-0.1, -0.05) is 30.3 Å². The molecular weight excluding hydrogens is 344 g/mol. The monoisotopic (exact) mass is 372 g/mol. The molecule has 27 heavy (non-hydrogen) atoms. The van der Waals surface area contributed by atoms with E-state index >= 15 is 0 Å². The molecule has 2 N–H and O–H groups in total. The zero-order valence-electron chi connectivity index (χ0n) is 15.7. The Bertz CT molecular complexity index is 664. The average molecular weight is 372 g/mol. The normalized spacial score (nSPS) is 20.9. The van der Waals surface area contributed by atoms with Crippen molar-refractivity contribution in [2.75, 3.05) is 32.7 Å². The Labute approximate surface area is 160 Å². The Hall–Kier alpha value is -2.41. The van der Waals surface area contributed by atoms with Gasteiger partial charge in [0.05, 0.1) is 0 Å². The van der Waals surface area contributed by atoms with Crippen LogP contribution in [0.1, 0.15) is 31.2 Å². The highest BCUT2D eigenvalue weighted by molar-refractivity contribution is 6.04. The molecule has 2 aliphatic rings. The number of hydrogen-bond donors (Lipinski definition) is 2. The van der Waals surface area contributed by atoms with Crippen molar-refractivity contribution in [2.24, 2.45) is 0 Å². The summed E-state index contributed by atoms with van der Waals surface area (Å²) in [6.45, 7) is 4.44. The van der Waals surface area contributed by atoms with E-state index in [1.54, 1.807) is 0 Å². The molecule has 1 aromatic carbocycles. The van der Waals surface area contributed by atoms with Gasteiger partial charge in [-0.05, 0) is 44.3 Å². The Morgan fingerprint density at radius 2 is 1.89 bits per heavy atom. The molecule has 0 aromatic heterocycles. The predicted octanol–water partition coefficient (Wildman–Crippen LogP) is 1.14. The summed E-state index contributed by atoms with van der Waals surface area (Å²) in [5.41, 5.74) is 1.37. The number of hydrogen-bond acceptors (Lipinski definition) is 4. The number of carbonyl (C=O) groups is 3. The summed E-state index contributed by atoms with van der Waals surface area (Å²) in [6, 6.07) is 9.46. The summed E-state index contributed by atoms with van der Waals surface area (Å²) in [4.78, 5) is 39.5. The first kappa shape index (κ1) is 19.4. The van der Waals surface area contributed by atoms with E-state index in [-0.39, 0.29) is 18.2 Å². The second-order valence-corrected chi connectivity index (χ2v) is 7.22. The highest BCUT2D eigenvalue weighted by atomic mass is 16.2. The highest BCUT2D eigenvalue weighted by Gasteiger charge is 2.30. The first-order valence-electron chi connectivity index (χ1n) is 9.77. The third-order valence-corrected chi connectivity index (χ3v) is 5.23. The molecule has 2 aliphatic heterocycles. The van der Waals surface area contributed by atoms with Crippen LogP contribution >= 0.6 is 0 Å². The Morgan fingerprint density at radius 1 is 1.07 bits per heavy atom. The number of nitrogens with one attached hydrogen (secondary N) is 2. The number of nitrogens with zero attached hydrogens (tertiary/aromatic N) is 2. The predicted molar refractivity (Wildman–Crippen MR) is 102 cm³/mol. The first-order chi connectivity index (χ1) is 13.1. The molecule has 1 atom stereocenters. The first-order valence-corrected chi connectivity index (χ1v) is 9.77. The van der Waals surface area contributed by atoms with E-state index in [1.165, 1.54) is 5.56 Å². The van der Waals surface area contributed by atoms with E-state index in [9.17, 15) is 14.4 Å². The fraction of sp³-hybridized carbons (Fsp3) is 0.550. The molecule has 2 fully saturated rings. The molecule has 0 aliphatic carbocycles. The van der Waals surface area contributed by atoms with Crippen LogP contribution in [-0.4, -0.2) is 66.4 Å². The summed E-state index contributed by atoms with van der Waals surface area (Å²) in [5, 5.41) is 4.74. The van der Waals surface area contributed by atoms with Crippen molar-refractivity contribution < 1.29 is 14.4 Å². The molecule has 7 heteroatoms. The van der Waals surface area contributed by atoms with E-state index in [2.05, 4.69) is 39.8 Å². The standard InChI is InChI=1S/C20H28N4O3/c25-18(10-9-17-19(26)22-20(27)21-17)24-13-5-12-23(14-15-24)11-4-8-16-6-2-1-3-7-16/h1-3,6-7,17H,4-5,8-15H2,(H2,21,22,26,27)/t17-/m0/s1. The van der Waals surface area contributed by atoms with Gasteiger partial charge < -0.3 is 15.1 Å². The lowest BCUT2D eigenvalue weighted by atomic mass is 10.1. The van der Waals surface area contributed by atoms with Gasteiger partial charge in [0.15, 0.2) is 0 Å². The molecule has 0 radical (unpaired) electrons. The maximum absolute atomic E-state index is 12.5. The lowest BCUT2D eigenvalue weighted by Gasteiger charge is -2.22. The lowest BCUT2D eigenvalue weighted by Crippen LogP contribution is -2.37. The zero-order chi connectivity index (χ0) is 19.1. The van der Waals surface area contributed by atoms with Crippen LogP contribution < -0.4 is 10.6 Å². The molecule has 0 bridgehead atoms. The quantitative estimate of drug-likeness (QED) is 0.704. The number of urea groups is 1. The van der Waals surface area contributed by atoms with E-state index in [0.717, 1.165) is 52.0 Å². The van der Waals surface area contributed by atoms with Crippen LogP contribution in [0.4, 0.5) is 4.79 Å². The number of benzene rings is 1. The van der Waals surface area contributed by atoms with Crippen LogP contribution in [0.15, 0.2) is 30.3 Å². The van der Waals surface area contributed by atoms with Crippen molar-refractivity contribution in [3.05, 3.63) is 35.9 Å². The van der Waals surface area contributed by atoms with Crippen molar-refractivity contribution >= 4 is 17.8 Å². The molecule has 2 saturated heterocycles. The second kappa shape index (κ2) is 9.50. The minimum atomic E-state index is -0.581. The Morgan fingerprint density at radius 3 is 2.63 bits per heavy atom. The van der Waals surface area contributed by atoms with Crippen LogP contribution in [0, 0.1) is 0 Å². The smallest absolute Gasteiger partial charge is 0.322 e. The topological polar surface area (TPSA) is 81.8 Å². The highest BCUT2D eigenvalue weighted by Crippen LogP contribution is 2.10. The van der Waals surface area contributed by atoms with Gasteiger partial charge >= 0.3 is 6.03 Å². The third-order valence-electron chi connectivity index (χ3n) is 5.23. The molecule has 0 unspecified atom stereocenters. The lowest BCUT2D eigenvalue weighted by molar-refractivity contribution is -0.131. The van der Waals surface area contributed by atoms with Gasteiger partial charge in [-0.2, -0.15) is 0 Å². The maximum atomic E-state index is 12.5. The van der Waals surface area contributed by atoms with Gasteiger partial charge in [0.25, 0.3) is 5.91 Å². The maximum Gasteiger partial charge on any atom is 0.322 e. The van der Waals surface area contributed by atoms with Crippen molar-refractivity contribution in [1.29, 1.82) is 0 Å². The van der Waals surface area contributed by atoms with Gasteiger partial charge in [0, 0.05) is 26.1 Å². The van der Waals surface area contributed by atoms with Crippen molar-refractivity contribution in [3.8, 4) is 0 Å². The van der Waals surface area contributed by atoms with E-state index in [1.807, 2.05) is 11.0 Å². The minimum absolute atomic E-state index is 0.0649. The molecule has 7 nitrogen and oxygen atoms in total. The zero-order valence-corrected chi connectivity index (χ0v) is 15.7. The summed E-state index contributed by atoms with van der Waals surface area (Å²) in [5.74, 6) is -0.275. The van der Waals surface area contributed by atoms with Gasteiger partial charge in [-0.3, -0.25) is 14.9 Å². The summed E-state index contributed by atoms with van der Waals surface area (Å²) < 4.78 is 0. The molecule has 3 rings (SSSR count). The molecule has 1 aromatic rings. The Kier molecular flexibility index (Phi) is 6.81. The molecular formula is C20H28N4O3. The third kappa shape index (κ3) is 5.79. The van der Waals surface area contributed by atoms with E-state index in [0.29, 0.717) is 6.42 Å². The van der Waals surface area contributed by atoms with Crippen LogP contribution in [0.3, 0.4) is 0 Å². The molecule has 0 saturated carbocycles.